The van der Waals surface area contributed by atoms with Crippen LogP contribution in [0.15, 0.2) is 36.9 Å². The second kappa shape index (κ2) is 6.21. The minimum atomic E-state index is -0.253. The van der Waals surface area contributed by atoms with E-state index < -0.39 is 0 Å². The lowest BCUT2D eigenvalue weighted by Crippen LogP contribution is -2.36. The number of carbonyl (C=O) groups is 1. The SMILES string of the molecule is C=CCN(Cc1ccccc1F)C(=O)C1CC12CCNCC2. The molecule has 22 heavy (non-hydrogen) atoms. The average molecular weight is 302 g/mol. The Balaban J connectivity index is 1.70. The monoisotopic (exact) mass is 302 g/mol. The Bertz CT molecular complexity index is 566. The first-order valence-electron chi connectivity index (χ1n) is 8.00. The molecule has 1 atom stereocenters. The second-order valence-corrected chi connectivity index (χ2v) is 6.47. The Hall–Kier alpha value is -1.68. The van der Waals surface area contributed by atoms with Crippen LogP contribution in [0.3, 0.4) is 0 Å². The molecule has 3 nitrogen and oxygen atoms in total. The first-order chi connectivity index (χ1) is 10.7. The van der Waals surface area contributed by atoms with Crippen LogP contribution in [-0.2, 0) is 11.3 Å². The van der Waals surface area contributed by atoms with Gasteiger partial charge < -0.3 is 10.2 Å². The Kier molecular flexibility index (Phi) is 4.30. The van der Waals surface area contributed by atoms with Gasteiger partial charge in [-0.25, -0.2) is 4.39 Å². The summed E-state index contributed by atoms with van der Waals surface area (Å²) in [4.78, 5) is 14.6. The zero-order chi connectivity index (χ0) is 15.6. The molecule has 1 N–H and O–H groups in total. The summed E-state index contributed by atoms with van der Waals surface area (Å²) in [6.07, 6.45) is 4.85. The molecule has 1 unspecified atom stereocenters. The van der Waals surface area contributed by atoms with Gasteiger partial charge in [0.2, 0.25) is 5.91 Å². The molecule has 118 valence electrons. The second-order valence-electron chi connectivity index (χ2n) is 6.47. The van der Waals surface area contributed by atoms with E-state index >= 15 is 0 Å². The number of halogens is 1. The quantitative estimate of drug-likeness (QED) is 0.848. The van der Waals surface area contributed by atoms with Gasteiger partial charge in [0.05, 0.1) is 0 Å². The predicted octanol–water partition coefficient (Wildman–Crippen LogP) is 2.73. The maximum absolute atomic E-state index is 13.8. The third kappa shape index (κ3) is 2.93. The van der Waals surface area contributed by atoms with Crippen molar-refractivity contribution in [1.29, 1.82) is 0 Å². The summed E-state index contributed by atoms with van der Waals surface area (Å²) in [5.41, 5.74) is 0.773. The molecule has 1 aliphatic carbocycles. The van der Waals surface area contributed by atoms with E-state index in [9.17, 15) is 9.18 Å². The maximum Gasteiger partial charge on any atom is 0.226 e. The molecule has 1 saturated heterocycles. The van der Waals surface area contributed by atoms with Gasteiger partial charge in [-0.1, -0.05) is 24.3 Å². The van der Waals surface area contributed by atoms with Crippen LogP contribution in [0.1, 0.15) is 24.8 Å². The largest absolute Gasteiger partial charge is 0.334 e. The Morgan fingerprint density at radius 3 is 2.82 bits per heavy atom. The minimum Gasteiger partial charge on any atom is -0.334 e. The van der Waals surface area contributed by atoms with Crippen molar-refractivity contribution < 1.29 is 9.18 Å². The molecule has 4 heteroatoms. The predicted molar refractivity (Wildman–Crippen MR) is 84.7 cm³/mol. The standard InChI is InChI=1S/C18H23FN2O/c1-2-11-21(13-14-5-3-4-6-16(14)19)17(22)15-12-18(15)7-9-20-10-8-18/h2-6,15,20H,1,7-13H2. The van der Waals surface area contributed by atoms with Crippen molar-refractivity contribution in [1.82, 2.24) is 10.2 Å². The normalized spacial score (nSPS) is 22.3. The Morgan fingerprint density at radius 2 is 2.14 bits per heavy atom. The Morgan fingerprint density at radius 1 is 1.41 bits per heavy atom. The molecular weight excluding hydrogens is 279 g/mol. The van der Waals surface area contributed by atoms with Crippen LogP contribution in [0, 0.1) is 17.2 Å². The molecule has 1 heterocycles. The number of carbonyl (C=O) groups excluding carboxylic acids is 1. The van der Waals surface area contributed by atoms with E-state index in [0.29, 0.717) is 18.7 Å². The molecule has 3 rings (SSSR count). The van der Waals surface area contributed by atoms with Gasteiger partial charge in [-0.05, 0) is 43.8 Å². The van der Waals surface area contributed by atoms with E-state index in [1.165, 1.54) is 6.07 Å². The van der Waals surface area contributed by atoms with E-state index in [4.69, 9.17) is 0 Å². The topological polar surface area (TPSA) is 32.3 Å². The highest BCUT2D eigenvalue weighted by atomic mass is 19.1. The van der Waals surface area contributed by atoms with E-state index in [-0.39, 0.29) is 23.1 Å². The van der Waals surface area contributed by atoms with Crippen LogP contribution in [0.25, 0.3) is 0 Å². The number of nitrogens with one attached hydrogen (secondary N) is 1. The number of rotatable bonds is 5. The molecule has 1 aliphatic heterocycles. The number of amides is 1. The van der Waals surface area contributed by atoms with Crippen molar-refractivity contribution >= 4 is 5.91 Å². The van der Waals surface area contributed by atoms with Gasteiger partial charge in [0, 0.05) is 24.6 Å². The number of nitrogens with zero attached hydrogens (tertiary/aromatic N) is 1. The highest BCUT2D eigenvalue weighted by Crippen LogP contribution is 2.59. The molecule has 1 amide bonds. The lowest BCUT2D eigenvalue weighted by molar-refractivity contribution is -0.133. The fourth-order valence-corrected chi connectivity index (χ4v) is 3.62. The van der Waals surface area contributed by atoms with E-state index in [0.717, 1.165) is 32.4 Å². The molecule has 2 aliphatic rings. The van der Waals surface area contributed by atoms with Gasteiger partial charge in [0.1, 0.15) is 5.82 Å². The van der Waals surface area contributed by atoms with Gasteiger partial charge in [-0.3, -0.25) is 4.79 Å². The fraction of sp³-hybridized carbons (Fsp3) is 0.500. The number of hydrogen-bond acceptors (Lipinski definition) is 2. The van der Waals surface area contributed by atoms with Gasteiger partial charge in [-0.2, -0.15) is 0 Å². The lowest BCUT2D eigenvalue weighted by atomic mass is 9.91. The van der Waals surface area contributed by atoms with Crippen LogP contribution in [0.4, 0.5) is 4.39 Å². The third-order valence-corrected chi connectivity index (χ3v) is 5.07. The van der Waals surface area contributed by atoms with Gasteiger partial charge in [-0.15, -0.1) is 6.58 Å². The molecule has 1 saturated carbocycles. The Labute approximate surface area is 131 Å². The third-order valence-electron chi connectivity index (χ3n) is 5.07. The summed E-state index contributed by atoms with van der Waals surface area (Å²) < 4.78 is 13.8. The molecule has 1 aromatic rings. The van der Waals surface area contributed by atoms with Crippen LogP contribution >= 0.6 is 0 Å². The van der Waals surface area contributed by atoms with Crippen molar-refractivity contribution in [3.8, 4) is 0 Å². The van der Waals surface area contributed by atoms with Crippen molar-refractivity contribution in [3.63, 3.8) is 0 Å². The first-order valence-corrected chi connectivity index (χ1v) is 8.00. The molecule has 1 aromatic carbocycles. The molecule has 0 aromatic heterocycles. The molecule has 2 fully saturated rings. The van der Waals surface area contributed by atoms with Crippen molar-refractivity contribution in [2.75, 3.05) is 19.6 Å². The van der Waals surface area contributed by atoms with Crippen molar-refractivity contribution in [2.24, 2.45) is 11.3 Å². The van der Waals surface area contributed by atoms with E-state index in [1.54, 1.807) is 29.2 Å². The summed E-state index contributed by atoms with van der Waals surface area (Å²) in [5.74, 6) is 0.0168. The number of piperidine rings is 1. The number of benzene rings is 1. The number of hydrogen-bond donors (Lipinski definition) is 1. The summed E-state index contributed by atoms with van der Waals surface area (Å²) in [6.45, 7) is 6.52. The maximum atomic E-state index is 13.8. The average Bonchev–Trinajstić information content (AvgIpc) is 3.22. The highest BCUT2D eigenvalue weighted by molar-refractivity contribution is 5.83. The van der Waals surface area contributed by atoms with Crippen molar-refractivity contribution in [3.05, 3.63) is 48.3 Å². The fourth-order valence-electron chi connectivity index (χ4n) is 3.62. The summed E-state index contributed by atoms with van der Waals surface area (Å²) >= 11 is 0. The van der Waals surface area contributed by atoms with Gasteiger partial charge in [0.15, 0.2) is 0 Å². The molecular formula is C18H23FN2O. The van der Waals surface area contributed by atoms with Crippen LogP contribution in [-0.4, -0.2) is 30.4 Å². The van der Waals surface area contributed by atoms with Crippen LogP contribution in [0.2, 0.25) is 0 Å². The van der Waals surface area contributed by atoms with Crippen molar-refractivity contribution in [2.45, 2.75) is 25.8 Å². The zero-order valence-corrected chi connectivity index (χ0v) is 12.9. The van der Waals surface area contributed by atoms with Crippen LogP contribution < -0.4 is 5.32 Å². The lowest BCUT2D eigenvalue weighted by Gasteiger charge is -2.26. The van der Waals surface area contributed by atoms with Gasteiger partial charge >= 0.3 is 0 Å². The first kappa shape index (κ1) is 15.2. The highest BCUT2D eigenvalue weighted by Gasteiger charge is 2.58. The molecule has 0 radical (unpaired) electrons. The smallest absolute Gasteiger partial charge is 0.226 e. The van der Waals surface area contributed by atoms with Crippen LogP contribution in [0.5, 0.6) is 0 Å². The summed E-state index contributed by atoms with van der Waals surface area (Å²) in [5, 5.41) is 3.35. The van der Waals surface area contributed by atoms with E-state index in [1.807, 2.05) is 0 Å². The summed E-state index contributed by atoms with van der Waals surface area (Å²) in [6, 6.07) is 6.66. The zero-order valence-electron chi connectivity index (χ0n) is 12.9. The summed E-state index contributed by atoms with van der Waals surface area (Å²) in [7, 11) is 0. The van der Waals surface area contributed by atoms with E-state index in [2.05, 4.69) is 11.9 Å². The van der Waals surface area contributed by atoms with Gasteiger partial charge in [0.25, 0.3) is 0 Å². The minimum absolute atomic E-state index is 0.112. The molecule has 0 bridgehead atoms. The molecule has 1 spiro atoms.